The van der Waals surface area contributed by atoms with Crippen molar-refractivity contribution in [3.05, 3.63) is 40.2 Å². The number of nitrogens with zero attached hydrogens (tertiary/aromatic N) is 2. The zero-order valence-corrected chi connectivity index (χ0v) is 12.3. The molecule has 0 unspecified atom stereocenters. The third-order valence-corrected chi connectivity index (χ3v) is 3.08. The zero-order valence-electron chi connectivity index (χ0n) is 11.5. The number of hydrogen-bond acceptors (Lipinski definition) is 4. The van der Waals surface area contributed by atoms with Crippen LogP contribution in [0.4, 0.5) is 0 Å². The Morgan fingerprint density at radius 1 is 1.40 bits per heavy atom. The molecule has 0 N–H and O–H groups in total. The molecule has 1 heterocycles. The Labute approximate surface area is 122 Å². The molecule has 0 bridgehead atoms. The van der Waals surface area contributed by atoms with Gasteiger partial charge in [-0.3, -0.25) is 9.48 Å². The summed E-state index contributed by atoms with van der Waals surface area (Å²) < 4.78 is 12.6. The summed E-state index contributed by atoms with van der Waals surface area (Å²) in [6, 6.07) is 5.07. The predicted molar refractivity (Wildman–Crippen MR) is 75.7 cm³/mol. The Balaban J connectivity index is 2.28. The van der Waals surface area contributed by atoms with Crippen LogP contribution in [0.15, 0.2) is 18.2 Å². The number of carbonyl (C=O) groups is 1. The largest absolute Gasteiger partial charge is 0.493 e. The molecule has 6 heteroatoms. The Hall–Kier alpha value is -2.01. The molecule has 20 heavy (non-hydrogen) atoms. The standard InChI is InChI=1S/C14H15ClN2O3/c1-9-4-12(17(2)16-9)8-20-14-10(7-18)5-11(15)6-13(14)19-3/h4-7H,8H2,1-3H3. The molecule has 2 aromatic rings. The molecule has 0 amide bonds. The van der Waals surface area contributed by atoms with E-state index in [4.69, 9.17) is 21.1 Å². The van der Waals surface area contributed by atoms with Gasteiger partial charge in [0.15, 0.2) is 17.8 Å². The SMILES string of the molecule is COc1cc(Cl)cc(C=O)c1OCc1cc(C)nn1C. The lowest BCUT2D eigenvalue weighted by Gasteiger charge is -2.13. The quantitative estimate of drug-likeness (QED) is 0.796. The fourth-order valence-electron chi connectivity index (χ4n) is 1.93. The van der Waals surface area contributed by atoms with Gasteiger partial charge in [0.2, 0.25) is 0 Å². The first-order valence-electron chi connectivity index (χ1n) is 6.00. The zero-order chi connectivity index (χ0) is 14.7. The lowest BCUT2D eigenvalue weighted by molar-refractivity contribution is 0.111. The monoisotopic (exact) mass is 294 g/mol. The first-order valence-corrected chi connectivity index (χ1v) is 6.38. The number of hydrogen-bond donors (Lipinski definition) is 0. The first-order chi connectivity index (χ1) is 9.55. The molecule has 2 rings (SSSR count). The Bertz CT molecular complexity index is 638. The predicted octanol–water partition coefficient (Wildman–Crippen LogP) is 2.78. The van der Waals surface area contributed by atoms with Crippen LogP contribution in [0.25, 0.3) is 0 Å². The number of rotatable bonds is 5. The summed E-state index contributed by atoms with van der Waals surface area (Å²) in [5.74, 6) is 0.809. The lowest BCUT2D eigenvalue weighted by Crippen LogP contribution is -2.05. The third kappa shape index (κ3) is 2.93. The van der Waals surface area contributed by atoms with Crippen LogP contribution in [0, 0.1) is 6.92 Å². The highest BCUT2D eigenvalue weighted by molar-refractivity contribution is 6.31. The van der Waals surface area contributed by atoms with E-state index in [1.54, 1.807) is 16.8 Å². The summed E-state index contributed by atoms with van der Waals surface area (Å²) in [5, 5.41) is 4.66. The van der Waals surface area contributed by atoms with E-state index in [9.17, 15) is 4.79 Å². The van der Waals surface area contributed by atoms with Crippen molar-refractivity contribution in [1.29, 1.82) is 0 Å². The molecule has 1 aromatic heterocycles. The van der Waals surface area contributed by atoms with Crippen molar-refractivity contribution in [2.45, 2.75) is 13.5 Å². The average molecular weight is 295 g/mol. The van der Waals surface area contributed by atoms with Crippen molar-refractivity contribution in [3.8, 4) is 11.5 Å². The van der Waals surface area contributed by atoms with Gasteiger partial charge < -0.3 is 9.47 Å². The number of carbonyl (C=O) groups excluding carboxylic acids is 1. The second-order valence-electron chi connectivity index (χ2n) is 4.33. The van der Waals surface area contributed by atoms with Crippen LogP contribution in [-0.2, 0) is 13.7 Å². The molecule has 0 fully saturated rings. The number of aryl methyl sites for hydroxylation is 2. The molecule has 0 atom stereocenters. The Kier molecular flexibility index (Phi) is 4.29. The molecule has 0 saturated carbocycles. The minimum Gasteiger partial charge on any atom is -0.493 e. The number of ether oxygens (including phenoxy) is 2. The van der Waals surface area contributed by atoms with Crippen LogP contribution in [0.1, 0.15) is 21.7 Å². The van der Waals surface area contributed by atoms with Crippen molar-refractivity contribution in [2.75, 3.05) is 7.11 Å². The van der Waals surface area contributed by atoms with Crippen LogP contribution in [0.5, 0.6) is 11.5 Å². The van der Waals surface area contributed by atoms with Gasteiger partial charge in [0.25, 0.3) is 0 Å². The lowest BCUT2D eigenvalue weighted by atomic mass is 10.2. The second kappa shape index (κ2) is 5.96. The minimum atomic E-state index is 0.288. The fourth-order valence-corrected chi connectivity index (χ4v) is 2.14. The number of aromatic nitrogens is 2. The summed E-state index contributed by atoms with van der Waals surface area (Å²) in [6.45, 7) is 2.19. The van der Waals surface area contributed by atoms with Gasteiger partial charge >= 0.3 is 0 Å². The Morgan fingerprint density at radius 2 is 2.15 bits per heavy atom. The van der Waals surface area contributed by atoms with E-state index in [0.717, 1.165) is 11.4 Å². The van der Waals surface area contributed by atoms with Crippen molar-refractivity contribution >= 4 is 17.9 Å². The van der Waals surface area contributed by atoms with Gasteiger partial charge in [0.1, 0.15) is 6.61 Å². The van der Waals surface area contributed by atoms with Crippen LogP contribution in [0.2, 0.25) is 5.02 Å². The molecule has 0 spiro atoms. The minimum absolute atomic E-state index is 0.288. The van der Waals surface area contributed by atoms with Crippen LogP contribution >= 0.6 is 11.6 Å². The van der Waals surface area contributed by atoms with E-state index < -0.39 is 0 Å². The van der Waals surface area contributed by atoms with E-state index in [1.807, 2.05) is 20.0 Å². The first kappa shape index (κ1) is 14.4. The molecular weight excluding hydrogens is 280 g/mol. The number of benzene rings is 1. The summed E-state index contributed by atoms with van der Waals surface area (Å²) in [4.78, 5) is 11.1. The number of methoxy groups -OCH3 is 1. The third-order valence-electron chi connectivity index (χ3n) is 2.86. The molecule has 0 aliphatic carbocycles. The highest BCUT2D eigenvalue weighted by Crippen LogP contribution is 2.34. The van der Waals surface area contributed by atoms with E-state index in [2.05, 4.69) is 5.10 Å². The highest BCUT2D eigenvalue weighted by Gasteiger charge is 2.13. The fraction of sp³-hybridized carbons (Fsp3) is 0.286. The van der Waals surface area contributed by atoms with Gasteiger partial charge in [-0.25, -0.2) is 0 Å². The molecular formula is C14H15ClN2O3. The average Bonchev–Trinajstić information content (AvgIpc) is 2.74. The maximum Gasteiger partial charge on any atom is 0.172 e. The molecule has 5 nitrogen and oxygen atoms in total. The van der Waals surface area contributed by atoms with Crippen LogP contribution in [-0.4, -0.2) is 23.2 Å². The molecule has 0 aliphatic heterocycles. The summed E-state index contributed by atoms with van der Waals surface area (Å²) in [6.07, 6.45) is 0.693. The maximum absolute atomic E-state index is 11.1. The smallest absolute Gasteiger partial charge is 0.172 e. The van der Waals surface area contributed by atoms with Gasteiger partial charge in [-0.15, -0.1) is 0 Å². The van der Waals surface area contributed by atoms with Gasteiger partial charge in [0.05, 0.1) is 24.1 Å². The number of aldehydes is 1. The van der Waals surface area contributed by atoms with Crippen molar-refractivity contribution in [3.63, 3.8) is 0 Å². The van der Waals surface area contributed by atoms with E-state index in [1.165, 1.54) is 7.11 Å². The van der Waals surface area contributed by atoms with Gasteiger partial charge in [-0.2, -0.15) is 5.10 Å². The van der Waals surface area contributed by atoms with Crippen LogP contribution < -0.4 is 9.47 Å². The van der Waals surface area contributed by atoms with Crippen LogP contribution in [0.3, 0.4) is 0 Å². The van der Waals surface area contributed by atoms with Gasteiger partial charge in [-0.05, 0) is 19.1 Å². The summed E-state index contributed by atoms with van der Waals surface area (Å²) >= 11 is 5.92. The summed E-state index contributed by atoms with van der Waals surface area (Å²) in [7, 11) is 3.34. The van der Waals surface area contributed by atoms with Crippen molar-refractivity contribution in [2.24, 2.45) is 7.05 Å². The van der Waals surface area contributed by atoms with Crippen molar-refractivity contribution in [1.82, 2.24) is 9.78 Å². The number of halogens is 1. The maximum atomic E-state index is 11.1. The van der Waals surface area contributed by atoms with Gasteiger partial charge in [-0.1, -0.05) is 11.6 Å². The summed E-state index contributed by atoms with van der Waals surface area (Å²) in [5.41, 5.74) is 2.16. The molecule has 0 aliphatic rings. The normalized spacial score (nSPS) is 10.4. The molecule has 0 saturated heterocycles. The van der Waals surface area contributed by atoms with Gasteiger partial charge in [0, 0.05) is 18.1 Å². The highest BCUT2D eigenvalue weighted by atomic mass is 35.5. The Morgan fingerprint density at radius 3 is 2.70 bits per heavy atom. The molecule has 1 aromatic carbocycles. The van der Waals surface area contributed by atoms with E-state index >= 15 is 0 Å². The van der Waals surface area contributed by atoms with Crippen molar-refractivity contribution < 1.29 is 14.3 Å². The van der Waals surface area contributed by atoms with E-state index in [0.29, 0.717) is 28.4 Å². The topological polar surface area (TPSA) is 53.4 Å². The molecule has 0 radical (unpaired) electrons. The van der Waals surface area contributed by atoms with E-state index in [-0.39, 0.29) is 6.61 Å². The second-order valence-corrected chi connectivity index (χ2v) is 4.77. The molecule has 106 valence electrons.